The highest BCUT2D eigenvalue weighted by molar-refractivity contribution is 5.90. The second-order valence-corrected chi connectivity index (χ2v) is 14.4. The van der Waals surface area contributed by atoms with Crippen molar-refractivity contribution in [3.8, 4) is 5.75 Å². The van der Waals surface area contributed by atoms with E-state index in [2.05, 4.69) is 85.7 Å². The molecule has 0 radical (unpaired) electrons. The summed E-state index contributed by atoms with van der Waals surface area (Å²) in [4.78, 5) is 13.5. The van der Waals surface area contributed by atoms with Crippen molar-refractivity contribution < 1.29 is 9.53 Å². The molecule has 0 amide bonds. The van der Waals surface area contributed by atoms with Crippen LogP contribution >= 0.6 is 0 Å². The molecule has 222 valence electrons. The van der Waals surface area contributed by atoms with Crippen LogP contribution in [0.2, 0.25) is 0 Å². The van der Waals surface area contributed by atoms with E-state index in [1.54, 1.807) is 0 Å². The number of carbonyl (C=O) groups is 1. The van der Waals surface area contributed by atoms with Crippen molar-refractivity contribution in [3.63, 3.8) is 0 Å². The second kappa shape index (κ2) is 14.7. The van der Waals surface area contributed by atoms with Crippen molar-refractivity contribution in [1.29, 1.82) is 0 Å². The van der Waals surface area contributed by atoms with Crippen molar-refractivity contribution in [1.82, 2.24) is 0 Å². The Morgan fingerprint density at radius 3 is 1.75 bits per heavy atom. The van der Waals surface area contributed by atoms with Gasteiger partial charge in [-0.2, -0.15) is 0 Å². The average Bonchev–Trinajstić information content (AvgIpc) is 3.22. The molecule has 0 N–H and O–H groups in total. The molecule has 1 aliphatic rings. The third-order valence-corrected chi connectivity index (χ3v) is 8.70. The third-order valence-electron chi connectivity index (χ3n) is 8.70. The van der Waals surface area contributed by atoms with E-state index in [-0.39, 0.29) is 22.7 Å². The number of hydrogen-bond donors (Lipinski definition) is 0. The van der Waals surface area contributed by atoms with Crippen LogP contribution in [0.5, 0.6) is 5.75 Å². The van der Waals surface area contributed by atoms with Crippen LogP contribution in [-0.4, -0.2) is 5.97 Å². The minimum absolute atomic E-state index is 0.00482. The van der Waals surface area contributed by atoms with Gasteiger partial charge in [-0.25, -0.2) is 0 Å². The Hall–Kier alpha value is -2.09. The Bertz CT molecular complexity index is 1100. The standard InChI is InChI=1S/C38H58O2/c1-9-11-13-15-17-19-21-28-23-24-30(25-29(28)22-20-18-16-14-12-10-2)34-32-26-31(37(3,4)5)27-33(38(6,7)8)35(32)40-36(34)39/h23-27,34H,9-22H2,1-8H3. The quantitative estimate of drug-likeness (QED) is 0.126. The highest BCUT2D eigenvalue weighted by Gasteiger charge is 2.39. The molecule has 1 aliphatic heterocycles. The summed E-state index contributed by atoms with van der Waals surface area (Å²) in [6.45, 7) is 18.0. The fourth-order valence-electron chi connectivity index (χ4n) is 6.07. The van der Waals surface area contributed by atoms with Crippen molar-refractivity contribution in [2.24, 2.45) is 0 Å². The van der Waals surface area contributed by atoms with Crippen LogP contribution in [0.4, 0.5) is 0 Å². The maximum atomic E-state index is 13.5. The molecule has 2 nitrogen and oxygen atoms in total. The van der Waals surface area contributed by atoms with Gasteiger partial charge in [-0.05, 0) is 58.8 Å². The van der Waals surface area contributed by atoms with Gasteiger partial charge in [0, 0.05) is 11.1 Å². The molecule has 3 rings (SSSR count). The molecule has 2 aromatic rings. The zero-order valence-corrected chi connectivity index (χ0v) is 27.2. The SMILES string of the molecule is CCCCCCCCc1ccc(C2C(=O)Oc3c2cc(C(C)(C)C)cc3C(C)(C)C)cc1CCCCCCCC. The first-order valence-electron chi connectivity index (χ1n) is 16.5. The van der Waals surface area contributed by atoms with Gasteiger partial charge >= 0.3 is 5.97 Å². The van der Waals surface area contributed by atoms with Gasteiger partial charge < -0.3 is 4.74 Å². The predicted octanol–water partition coefficient (Wildman–Crippen LogP) is 11.1. The molecule has 0 spiro atoms. The molecule has 1 atom stereocenters. The molecule has 0 aromatic heterocycles. The molecule has 0 saturated carbocycles. The highest BCUT2D eigenvalue weighted by Crippen LogP contribution is 2.47. The Labute approximate surface area is 246 Å². The number of carbonyl (C=O) groups excluding carboxylic acids is 1. The zero-order chi connectivity index (χ0) is 29.3. The summed E-state index contributed by atoms with van der Waals surface area (Å²) in [7, 11) is 0. The zero-order valence-electron chi connectivity index (χ0n) is 27.2. The molecular formula is C38H58O2. The van der Waals surface area contributed by atoms with E-state index in [9.17, 15) is 4.79 Å². The van der Waals surface area contributed by atoms with Crippen LogP contribution in [0.25, 0.3) is 0 Å². The van der Waals surface area contributed by atoms with Gasteiger partial charge in [-0.3, -0.25) is 4.79 Å². The maximum absolute atomic E-state index is 13.5. The van der Waals surface area contributed by atoms with Crippen molar-refractivity contribution in [2.45, 2.75) is 162 Å². The molecule has 0 fully saturated rings. The summed E-state index contributed by atoms with van der Waals surface area (Å²) in [6, 6.07) is 11.4. The Morgan fingerprint density at radius 2 is 1.20 bits per heavy atom. The molecule has 40 heavy (non-hydrogen) atoms. The van der Waals surface area contributed by atoms with E-state index in [1.165, 1.54) is 93.7 Å². The van der Waals surface area contributed by atoms with Gasteiger partial charge in [0.25, 0.3) is 0 Å². The van der Waals surface area contributed by atoms with Crippen LogP contribution in [0.3, 0.4) is 0 Å². The number of aryl methyl sites for hydroxylation is 2. The molecule has 0 saturated heterocycles. The van der Waals surface area contributed by atoms with Gasteiger partial charge in [0.15, 0.2) is 0 Å². The lowest BCUT2D eigenvalue weighted by atomic mass is 9.77. The number of unbranched alkanes of at least 4 members (excludes halogenated alkanes) is 10. The summed E-state index contributed by atoms with van der Waals surface area (Å²) in [5, 5.41) is 0. The van der Waals surface area contributed by atoms with Gasteiger partial charge in [0.05, 0.1) is 0 Å². The normalized spacial score (nSPS) is 15.4. The predicted molar refractivity (Wildman–Crippen MR) is 172 cm³/mol. The lowest BCUT2D eigenvalue weighted by Gasteiger charge is -2.27. The average molecular weight is 547 g/mol. The smallest absolute Gasteiger partial charge is 0.323 e. The molecule has 0 bridgehead atoms. The molecular weight excluding hydrogens is 488 g/mol. The van der Waals surface area contributed by atoms with Crippen molar-refractivity contribution in [3.05, 3.63) is 63.7 Å². The minimum Gasteiger partial charge on any atom is -0.425 e. The maximum Gasteiger partial charge on any atom is 0.323 e. The van der Waals surface area contributed by atoms with Gasteiger partial charge in [-0.1, -0.05) is 150 Å². The van der Waals surface area contributed by atoms with E-state index in [0.29, 0.717) is 0 Å². The molecule has 0 aliphatic carbocycles. The monoisotopic (exact) mass is 546 g/mol. The van der Waals surface area contributed by atoms with Gasteiger partial charge in [-0.15, -0.1) is 0 Å². The topological polar surface area (TPSA) is 26.3 Å². The van der Waals surface area contributed by atoms with Crippen molar-refractivity contribution >= 4 is 5.97 Å². The van der Waals surface area contributed by atoms with E-state index < -0.39 is 0 Å². The van der Waals surface area contributed by atoms with Crippen LogP contribution < -0.4 is 4.74 Å². The fraction of sp³-hybridized carbons (Fsp3) is 0.658. The number of esters is 1. The number of hydrogen-bond acceptors (Lipinski definition) is 2. The summed E-state index contributed by atoms with van der Waals surface area (Å²) < 4.78 is 6.08. The minimum atomic E-state index is -0.343. The highest BCUT2D eigenvalue weighted by atomic mass is 16.5. The summed E-state index contributed by atoms with van der Waals surface area (Å²) in [5.41, 5.74) is 7.38. The second-order valence-electron chi connectivity index (χ2n) is 14.4. The Kier molecular flexibility index (Phi) is 11.9. The largest absolute Gasteiger partial charge is 0.425 e. The van der Waals surface area contributed by atoms with Crippen LogP contribution in [0.1, 0.15) is 172 Å². The Morgan fingerprint density at radius 1 is 0.650 bits per heavy atom. The van der Waals surface area contributed by atoms with E-state index in [1.807, 2.05) is 0 Å². The molecule has 2 aromatic carbocycles. The van der Waals surface area contributed by atoms with E-state index in [0.717, 1.165) is 35.3 Å². The first-order chi connectivity index (χ1) is 19.0. The third kappa shape index (κ3) is 8.70. The Balaban J connectivity index is 1.91. The van der Waals surface area contributed by atoms with Gasteiger partial charge in [0.1, 0.15) is 11.7 Å². The lowest BCUT2D eigenvalue weighted by molar-refractivity contribution is -0.133. The van der Waals surface area contributed by atoms with Crippen molar-refractivity contribution in [2.75, 3.05) is 0 Å². The van der Waals surface area contributed by atoms with Crippen LogP contribution in [0.15, 0.2) is 30.3 Å². The number of ether oxygens (including phenoxy) is 1. The van der Waals surface area contributed by atoms with Crippen LogP contribution in [-0.2, 0) is 28.5 Å². The van der Waals surface area contributed by atoms with Crippen LogP contribution in [0, 0.1) is 0 Å². The lowest BCUT2D eigenvalue weighted by Crippen LogP contribution is -2.17. The van der Waals surface area contributed by atoms with E-state index >= 15 is 0 Å². The number of benzene rings is 2. The fourth-order valence-corrected chi connectivity index (χ4v) is 6.07. The number of fused-ring (bicyclic) bond motifs is 1. The molecule has 2 heteroatoms. The first-order valence-corrected chi connectivity index (χ1v) is 16.5. The number of rotatable bonds is 15. The van der Waals surface area contributed by atoms with E-state index in [4.69, 9.17) is 4.74 Å². The molecule has 1 heterocycles. The van der Waals surface area contributed by atoms with Gasteiger partial charge in [0.2, 0.25) is 0 Å². The summed E-state index contributed by atoms with van der Waals surface area (Å²) in [6.07, 6.45) is 18.0. The summed E-state index contributed by atoms with van der Waals surface area (Å²) in [5.74, 6) is 0.328. The first kappa shape index (κ1) is 32.4. The summed E-state index contributed by atoms with van der Waals surface area (Å²) >= 11 is 0. The molecule has 1 unspecified atom stereocenters.